The maximum atomic E-state index is 8.88. The molecule has 1 N–H and O–H groups in total. The molecule has 0 aliphatic heterocycles. The molecule has 0 spiro atoms. The Hall–Kier alpha value is -1.21. The van der Waals surface area contributed by atoms with Crippen LogP contribution in [0.3, 0.4) is 0 Å². The first-order valence-electron chi connectivity index (χ1n) is 5.68. The molecule has 0 radical (unpaired) electrons. The minimum Gasteiger partial charge on any atom is -0.369 e. The summed E-state index contributed by atoms with van der Waals surface area (Å²) in [6.45, 7) is 9.37. The van der Waals surface area contributed by atoms with Crippen molar-refractivity contribution in [1.82, 2.24) is 4.98 Å². The summed E-state index contributed by atoms with van der Waals surface area (Å²) >= 11 is 1.91. The van der Waals surface area contributed by atoms with Crippen LogP contribution in [0.2, 0.25) is 0 Å². The van der Waals surface area contributed by atoms with Gasteiger partial charge < -0.3 is 5.32 Å². The lowest BCUT2D eigenvalue weighted by atomic mass is 10.2. The quantitative estimate of drug-likeness (QED) is 0.832. The fraction of sp³-hybridized carbons (Fsp3) is 0.538. The highest BCUT2D eigenvalue weighted by molar-refractivity contribution is 8.00. The third-order valence-corrected chi connectivity index (χ3v) is 3.42. The third kappa shape index (κ3) is 5.10. The third-order valence-electron chi connectivity index (χ3n) is 2.15. The number of rotatable bonds is 4. The molecule has 0 aliphatic rings. The summed E-state index contributed by atoms with van der Waals surface area (Å²) in [7, 11) is 0. The maximum Gasteiger partial charge on any atom is 0.145 e. The summed E-state index contributed by atoms with van der Waals surface area (Å²) < 4.78 is 0.292. The van der Waals surface area contributed by atoms with Gasteiger partial charge in [-0.05, 0) is 18.6 Å². The first-order valence-corrected chi connectivity index (χ1v) is 6.66. The van der Waals surface area contributed by atoms with Crippen molar-refractivity contribution in [3.8, 4) is 6.07 Å². The van der Waals surface area contributed by atoms with E-state index < -0.39 is 0 Å². The molecule has 1 rings (SSSR count). The molecule has 3 nitrogen and oxygen atoms in total. The van der Waals surface area contributed by atoms with E-state index in [0.717, 1.165) is 23.7 Å². The smallest absolute Gasteiger partial charge is 0.145 e. The SMILES string of the molecule is Cc1ccc(NCCSC(C)(C)C)nc1C#N. The molecule has 1 aromatic rings. The van der Waals surface area contributed by atoms with Gasteiger partial charge in [-0.15, -0.1) is 0 Å². The molecule has 0 amide bonds. The average molecular weight is 249 g/mol. The molecule has 0 unspecified atom stereocenters. The molecule has 0 aromatic carbocycles. The molecule has 0 fully saturated rings. The fourth-order valence-electron chi connectivity index (χ4n) is 1.28. The Morgan fingerprint density at radius 2 is 2.12 bits per heavy atom. The maximum absolute atomic E-state index is 8.88. The first-order chi connectivity index (χ1) is 7.92. The molecular formula is C13H19N3S. The average Bonchev–Trinajstić information content (AvgIpc) is 2.25. The van der Waals surface area contributed by atoms with Gasteiger partial charge in [0.1, 0.15) is 17.6 Å². The predicted molar refractivity (Wildman–Crippen MR) is 74.4 cm³/mol. The van der Waals surface area contributed by atoms with Gasteiger partial charge in [-0.25, -0.2) is 4.98 Å². The van der Waals surface area contributed by atoms with Crippen molar-refractivity contribution in [2.75, 3.05) is 17.6 Å². The summed E-state index contributed by atoms with van der Waals surface area (Å²) in [5.74, 6) is 1.81. The summed E-state index contributed by atoms with van der Waals surface area (Å²) in [6, 6.07) is 5.93. The van der Waals surface area contributed by atoms with E-state index in [1.165, 1.54) is 0 Å². The fourth-order valence-corrected chi connectivity index (χ4v) is 2.09. The number of thioether (sulfide) groups is 1. The van der Waals surface area contributed by atoms with Crippen molar-refractivity contribution in [2.24, 2.45) is 0 Å². The Kier molecular flexibility index (Phi) is 4.83. The van der Waals surface area contributed by atoms with Crippen LogP contribution in [0, 0.1) is 18.3 Å². The van der Waals surface area contributed by atoms with Gasteiger partial charge in [-0.1, -0.05) is 26.8 Å². The zero-order chi connectivity index (χ0) is 12.9. The Labute approximate surface area is 108 Å². The molecular weight excluding hydrogens is 230 g/mol. The predicted octanol–water partition coefficient (Wildman–Crippen LogP) is 3.21. The lowest BCUT2D eigenvalue weighted by Crippen LogP contribution is -2.13. The molecule has 4 heteroatoms. The van der Waals surface area contributed by atoms with Crippen LogP contribution in [-0.4, -0.2) is 22.0 Å². The van der Waals surface area contributed by atoms with Crippen LogP contribution in [0.4, 0.5) is 5.82 Å². The minimum absolute atomic E-state index is 0.292. The Bertz CT molecular complexity index is 416. The lowest BCUT2D eigenvalue weighted by Gasteiger charge is -2.17. The minimum atomic E-state index is 0.292. The van der Waals surface area contributed by atoms with Crippen LogP contribution < -0.4 is 5.32 Å². The summed E-state index contributed by atoms with van der Waals surface area (Å²) in [6.07, 6.45) is 0. The van der Waals surface area contributed by atoms with E-state index in [9.17, 15) is 0 Å². The molecule has 0 aliphatic carbocycles. The van der Waals surface area contributed by atoms with Crippen molar-refractivity contribution in [3.63, 3.8) is 0 Å². The monoisotopic (exact) mass is 249 g/mol. The molecule has 0 saturated heterocycles. The van der Waals surface area contributed by atoms with Crippen LogP contribution >= 0.6 is 11.8 Å². The van der Waals surface area contributed by atoms with E-state index >= 15 is 0 Å². The second-order valence-electron chi connectivity index (χ2n) is 4.86. The highest BCUT2D eigenvalue weighted by Crippen LogP contribution is 2.22. The van der Waals surface area contributed by atoms with Gasteiger partial charge in [0.15, 0.2) is 0 Å². The van der Waals surface area contributed by atoms with Gasteiger partial charge >= 0.3 is 0 Å². The van der Waals surface area contributed by atoms with Crippen LogP contribution in [0.25, 0.3) is 0 Å². The van der Waals surface area contributed by atoms with Crippen LogP contribution in [-0.2, 0) is 0 Å². The van der Waals surface area contributed by atoms with Crippen molar-refractivity contribution >= 4 is 17.6 Å². The molecule has 1 aromatic heterocycles. The van der Waals surface area contributed by atoms with Crippen molar-refractivity contribution in [2.45, 2.75) is 32.4 Å². The van der Waals surface area contributed by atoms with E-state index in [1.807, 2.05) is 30.8 Å². The van der Waals surface area contributed by atoms with Gasteiger partial charge in [0.05, 0.1) is 0 Å². The van der Waals surface area contributed by atoms with Gasteiger partial charge in [0.2, 0.25) is 0 Å². The Balaban J connectivity index is 2.45. The van der Waals surface area contributed by atoms with E-state index in [2.05, 4.69) is 37.1 Å². The highest BCUT2D eigenvalue weighted by Gasteiger charge is 2.09. The Morgan fingerprint density at radius 1 is 1.41 bits per heavy atom. The second kappa shape index (κ2) is 5.92. The number of aromatic nitrogens is 1. The van der Waals surface area contributed by atoms with E-state index in [0.29, 0.717) is 10.4 Å². The van der Waals surface area contributed by atoms with E-state index in [1.54, 1.807) is 0 Å². The number of nitriles is 1. The number of hydrogen-bond acceptors (Lipinski definition) is 4. The van der Waals surface area contributed by atoms with Gasteiger partial charge in [0, 0.05) is 17.0 Å². The zero-order valence-corrected chi connectivity index (χ0v) is 11.7. The van der Waals surface area contributed by atoms with Crippen LogP contribution in [0.5, 0.6) is 0 Å². The van der Waals surface area contributed by atoms with E-state index in [-0.39, 0.29) is 0 Å². The summed E-state index contributed by atoms with van der Waals surface area (Å²) in [5, 5.41) is 12.1. The molecule has 17 heavy (non-hydrogen) atoms. The van der Waals surface area contributed by atoms with Gasteiger partial charge in [-0.3, -0.25) is 0 Å². The van der Waals surface area contributed by atoms with Crippen LogP contribution in [0.1, 0.15) is 32.0 Å². The van der Waals surface area contributed by atoms with Crippen molar-refractivity contribution in [3.05, 3.63) is 23.4 Å². The normalized spacial score (nSPS) is 11.0. The molecule has 92 valence electrons. The van der Waals surface area contributed by atoms with Gasteiger partial charge in [0.25, 0.3) is 0 Å². The number of nitrogens with zero attached hydrogens (tertiary/aromatic N) is 2. The largest absolute Gasteiger partial charge is 0.369 e. The zero-order valence-electron chi connectivity index (χ0n) is 10.9. The number of aryl methyl sites for hydroxylation is 1. The molecule has 1 heterocycles. The Morgan fingerprint density at radius 3 is 2.71 bits per heavy atom. The van der Waals surface area contributed by atoms with Gasteiger partial charge in [-0.2, -0.15) is 17.0 Å². The first kappa shape index (κ1) is 13.9. The molecule has 0 bridgehead atoms. The number of anilines is 1. The number of nitrogens with one attached hydrogen (secondary N) is 1. The van der Waals surface area contributed by atoms with E-state index in [4.69, 9.17) is 5.26 Å². The number of pyridine rings is 1. The molecule has 0 atom stereocenters. The highest BCUT2D eigenvalue weighted by atomic mass is 32.2. The topological polar surface area (TPSA) is 48.7 Å². The standard InChI is InChI=1S/C13H19N3S/c1-10-5-6-12(16-11(10)9-14)15-7-8-17-13(2,3)4/h5-6H,7-8H2,1-4H3,(H,15,16). The number of hydrogen-bond donors (Lipinski definition) is 1. The molecule has 0 saturated carbocycles. The summed E-state index contributed by atoms with van der Waals surface area (Å²) in [5.41, 5.74) is 1.42. The van der Waals surface area contributed by atoms with Crippen molar-refractivity contribution in [1.29, 1.82) is 5.26 Å². The van der Waals surface area contributed by atoms with Crippen LogP contribution in [0.15, 0.2) is 12.1 Å². The summed E-state index contributed by atoms with van der Waals surface area (Å²) in [4.78, 5) is 4.24. The lowest BCUT2D eigenvalue weighted by molar-refractivity contribution is 0.802. The second-order valence-corrected chi connectivity index (χ2v) is 6.78. The van der Waals surface area contributed by atoms with Crippen molar-refractivity contribution < 1.29 is 0 Å².